The molecule has 4 nitrogen and oxygen atoms in total. The van der Waals surface area contributed by atoms with Crippen molar-refractivity contribution in [3.63, 3.8) is 0 Å². The van der Waals surface area contributed by atoms with E-state index in [0.29, 0.717) is 13.2 Å². The predicted molar refractivity (Wildman–Crippen MR) is 93.2 cm³/mol. The molecule has 1 aliphatic rings. The van der Waals surface area contributed by atoms with Crippen LogP contribution in [0.25, 0.3) is 0 Å². The maximum Gasteiger partial charge on any atom is 0.126 e. The van der Waals surface area contributed by atoms with Crippen LogP contribution in [0.5, 0.6) is 5.75 Å². The molecule has 2 atom stereocenters. The number of aliphatic hydroxyl groups is 1. The number of rotatable bonds is 5. The lowest BCUT2D eigenvalue weighted by molar-refractivity contribution is 0.0625. The van der Waals surface area contributed by atoms with Crippen LogP contribution in [0.3, 0.4) is 0 Å². The average Bonchev–Trinajstić information content (AvgIpc) is 2.67. The summed E-state index contributed by atoms with van der Waals surface area (Å²) in [6.45, 7) is 10.4. The number of hydrogen-bond donors (Lipinski definition) is 2. The average molecular weight is 321 g/mol. The largest absolute Gasteiger partial charge is 0.493 e. The van der Waals surface area contributed by atoms with E-state index >= 15 is 0 Å². The van der Waals surface area contributed by atoms with Gasteiger partial charge in [-0.2, -0.15) is 0 Å². The number of aliphatic hydroxyl groups excluding tert-OH is 1. The highest BCUT2D eigenvalue weighted by Crippen LogP contribution is 2.38. The van der Waals surface area contributed by atoms with Gasteiger partial charge >= 0.3 is 0 Å². The molecule has 0 bridgehead atoms. The highest BCUT2D eigenvalue weighted by molar-refractivity contribution is 5.48. The molecule has 1 heterocycles. The third-order valence-corrected chi connectivity index (χ3v) is 4.39. The summed E-state index contributed by atoms with van der Waals surface area (Å²) in [5.74, 6) is 1.01. The van der Waals surface area contributed by atoms with E-state index in [-0.39, 0.29) is 11.5 Å². The Bertz CT molecular complexity index is 522. The highest BCUT2D eigenvalue weighted by atomic mass is 16.5. The van der Waals surface area contributed by atoms with Crippen LogP contribution < -0.4 is 10.1 Å². The van der Waals surface area contributed by atoms with Crippen molar-refractivity contribution in [3.8, 4) is 5.75 Å². The Hall–Kier alpha value is -1.10. The van der Waals surface area contributed by atoms with E-state index in [1.807, 2.05) is 0 Å². The number of nitrogens with one attached hydrogen (secondary N) is 1. The molecule has 4 heteroatoms. The zero-order chi connectivity index (χ0) is 17.0. The zero-order valence-electron chi connectivity index (χ0n) is 15.1. The van der Waals surface area contributed by atoms with Gasteiger partial charge in [0.1, 0.15) is 5.75 Å². The standard InChI is InChI=1S/C19H31NO3/c1-13-9-14(19(2,3)4)10-16-17(7-6-8-23-18(13)16)20-11-15(21)12-22-5/h9-10,15,17,20-21H,6-8,11-12H2,1-5H3/t15-,17-/m0/s1. The fourth-order valence-electron chi connectivity index (χ4n) is 3.05. The molecule has 1 aromatic carbocycles. The number of benzene rings is 1. The smallest absolute Gasteiger partial charge is 0.126 e. The molecule has 0 saturated carbocycles. The van der Waals surface area contributed by atoms with Crippen molar-refractivity contribution in [2.24, 2.45) is 0 Å². The lowest BCUT2D eigenvalue weighted by Crippen LogP contribution is -2.33. The van der Waals surface area contributed by atoms with E-state index in [9.17, 15) is 5.11 Å². The number of fused-ring (bicyclic) bond motifs is 1. The lowest BCUT2D eigenvalue weighted by Gasteiger charge is -2.26. The molecular formula is C19H31NO3. The summed E-state index contributed by atoms with van der Waals surface area (Å²) in [6, 6.07) is 4.72. The molecule has 0 aromatic heterocycles. The van der Waals surface area contributed by atoms with E-state index < -0.39 is 6.10 Å². The zero-order valence-corrected chi connectivity index (χ0v) is 15.1. The Kier molecular flexibility index (Phi) is 6.06. The third kappa shape index (κ3) is 4.69. The van der Waals surface area contributed by atoms with Crippen LogP contribution in [0.4, 0.5) is 0 Å². The first-order valence-electron chi connectivity index (χ1n) is 8.51. The number of hydrogen-bond acceptors (Lipinski definition) is 4. The van der Waals surface area contributed by atoms with Crippen molar-refractivity contribution in [2.45, 2.75) is 58.1 Å². The minimum atomic E-state index is -0.487. The van der Waals surface area contributed by atoms with Crippen LogP contribution in [0.15, 0.2) is 12.1 Å². The molecule has 0 amide bonds. The van der Waals surface area contributed by atoms with E-state index in [4.69, 9.17) is 9.47 Å². The SMILES string of the molecule is COC[C@@H](O)CN[C@H]1CCCOc2c(C)cc(C(C)(C)C)cc21. The Morgan fingerprint density at radius 1 is 1.39 bits per heavy atom. The molecule has 0 saturated heterocycles. The molecule has 1 aliphatic heterocycles. The Labute approximate surface area is 140 Å². The van der Waals surface area contributed by atoms with Crippen LogP contribution >= 0.6 is 0 Å². The summed E-state index contributed by atoms with van der Waals surface area (Å²) in [5.41, 5.74) is 3.84. The lowest BCUT2D eigenvalue weighted by atomic mass is 9.83. The second kappa shape index (κ2) is 7.65. The van der Waals surface area contributed by atoms with Gasteiger partial charge in [0.25, 0.3) is 0 Å². The third-order valence-electron chi connectivity index (χ3n) is 4.39. The van der Waals surface area contributed by atoms with E-state index in [1.54, 1.807) is 7.11 Å². The van der Waals surface area contributed by atoms with Gasteiger partial charge in [-0.3, -0.25) is 0 Å². The molecule has 1 aromatic rings. The minimum Gasteiger partial charge on any atom is -0.493 e. The van der Waals surface area contributed by atoms with Crippen LogP contribution in [-0.4, -0.2) is 38.1 Å². The number of aryl methyl sites for hydroxylation is 1. The van der Waals surface area contributed by atoms with Gasteiger partial charge in [0.05, 0.1) is 19.3 Å². The maximum atomic E-state index is 9.92. The summed E-state index contributed by atoms with van der Waals surface area (Å²) in [4.78, 5) is 0. The van der Waals surface area contributed by atoms with Gasteiger partial charge in [0, 0.05) is 25.3 Å². The van der Waals surface area contributed by atoms with Crippen molar-refractivity contribution in [1.29, 1.82) is 0 Å². The molecule has 2 rings (SSSR count). The van der Waals surface area contributed by atoms with Crippen molar-refractivity contribution in [1.82, 2.24) is 5.32 Å². The summed E-state index contributed by atoms with van der Waals surface area (Å²) in [5, 5.41) is 13.4. The van der Waals surface area contributed by atoms with Crippen LogP contribution in [0.2, 0.25) is 0 Å². The fraction of sp³-hybridized carbons (Fsp3) is 0.684. The van der Waals surface area contributed by atoms with Crippen LogP contribution in [0, 0.1) is 6.92 Å². The van der Waals surface area contributed by atoms with Gasteiger partial charge in [-0.05, 0) is 42.4 Å². The Balaban J connectivity index is 2.28. The molecule has 0 fully saturated rings. The molecule has 0 spiro atoms. The predicted octanol–water partition coefficient (Wildman–Crippen LogP) is 3.10. The van der Waals surface area contributed by atoms with Crippen LogP contribution in [-0.2, 0) is 10.2 Å². The monoisotopic (exact) mass is 321 g/mol. The highest BCUT2D eigenvalue weighted by Gasteiger charge is 2.25. The van der Waals surface area contributed by atoms with E-state index in [2.05, 4.69) is 45.1 Å². The molecule has 0 aliphatic carbocycles. The first-order chi connectivity index (χ1) is 10.8. The Morgan fingerprint density at radius 2 is 2.13 bits per heavy atom. The van der Waals surface area contributed by atoms with Gasteiger partial charge in [0.15, 0.2) is 0 Å². The van der Waals surface area contributed by atoms with Gasteiger partial charge in [0.2, 0.25) is 0 Å². The minimum absolute atomic E-state index is 0.103. The second-order valence-electron chi connectivity index (χ2n) is 7.52. The van der Waals surface area contributed by atoms with Crippen molar-refractivity contribution >= 4 is 0 Å². The van der Waals surface area contributed by atoms with Gasteiger partial charge in [-0.15, -0.1) is 0 Å². The molecular weight excluding hydrogens is 290 g/mol. The summed E-state index contributed by atoms with van der Waals surface area (Å²) >= 11 is 0. The molecule has 23 heavy (non-hydrogen) atoms. The topological polar surface area (TPSA) is 50.7 Å². The second-order valence-corrected chi connectivity index (χ2v) is 7.52. The first kappa shape index (κ1) is 18.2. The summed E-state index contributed by atoms with van der Waals surface area (Å²) in [7, 11) is 1.61. The van der Waals surface area contributed by atoms with Crippen molar-refractivity contribution in [2.75, 3.05) is 26.9 Å². The van der Waals surface area contributed by atoms with Gasteiger partial charge < -0.3 is 19.9 Å². The normalized spacial score (nSPS) is 19.7. The van der Waals surface area contributed by atoms with E-state index in [0.717, 1.165) is 25.2 Å². The van der Waals surface area contributed by atoms with Crippen molar-refractivity contribution in [3.05, 3.63) is 28.8 Å². The summed E-state index contributed by atoms with van der Waals surface area (Å²) < 4.78 is 11.0. The van der Waals surface area contributed by atoms with Gasteiger partial charge in [-0.1, -0.05) is 26.8 Å². The molecule has 2 N–H and O–H groups in total. The Morgan fingerprint density at radius 3 is 2.78 bits per heavy atom. The summed E-state index contributed by atoms with van der Waals surface area (Å²) in [6.07, 6.45) is 1.54. The first-order valence-corrected chi connectivity index (χ1v) is 8.51. The molecule has 0 radical (unpaired) electrons. The van der Waals surface area contributed by atoms with E-state index in [1.165, 1.54) is 16.7 Å². The van der Waals surface area contributed by atoms with Crippen molar-refractivity contribution < 1.29 is 14.6 Å². The quantitative estimate of drug-likeness (QED) is 0.875. The molecule has 130 valence electrons. The fourth-order valence-corrected chi connectivity index (χ4v) is 3.05. The number of methoxy groups -OCH3 is 1. The van der Waals surface area contributed by atoms with Gasteiger partial charge in [-0.25, -0.2) is 0 Å². The number of ether oxygens (including phenoxy) is 2. The molecule has 0 unspecified atom stereocenters. The van der Waals surface area contributed by atoms with Crippen LogP contribution in [0.1, 0.15) is 56.3 Å². The maximum absolute atomic E-state index is 9.92.